The van der Waals surface area contributed by atoms with Crippen LogP contribution in [-0.2, 0) is 0 Å². The molecule has 0 aliphatic heterocycles. The van der Waals surface area contributed by atoms with Gasteiger partial charge in [0.05, 0.1) is 10.0 Å². The third kappa shape index (κ3) is 1.41. The van der Waals surface area contributed by atoms with Gasteiger partial charge in [-0.05, 0) is 34.5 Å². The van der Waals surface area contributed by atoms with Crippen molar-refractivity contribution in [2.24, 2.45) is 0 Å². The lowest BCUT2D eigenvalue weighted by Gasteiger charge is -1.99. The molecule has 0 saturated heterocycles. The molecule has 1 nitrogen and oxygen atoms in total. The normalized spacial score (nSPS) is 9.27. The number of nitrogens with zero attached hydrogens (tertiary/aromatic N) is 1. The first kappa shape index (κ1) is 8.22. The van der Waals surface area contributed by atoms with E-state index in [9.17, 15) is 4.39 Å². The molecule has 0 amide bonds. The van der Waals surface area contributed by atoms with Crippen LogP contribution in [0, 0.1) is 24.1 Å². The SMILES string of the molecule is Cc1ccc(C#N)c(Br)c1F. The van der Waals surface area contributed by atoms with Crippen LogP contribution in [0.15, 0.2) is 16.6 Å². The molecule has 1 rings (SSSR count). The molecule has 1 aromatic rings. The first-order valence-electron chi connectivity index (χ1n) is 3.01. The third-order valence-electron chi connectivity index (χ3n) is 1.40. The average molecular weight is 214 g/mol. The molecule has 1 aromatic carbocycles. The predicted molar refractivity (Wildman–Crippen MR) is 43.6 cm³/mol. The molecule has 3 heteroatoms. The van der Waals surface area contributed by atoms with E-state index in [2.05, 4.69) is 15.9 Å². The van der Waals surface area contributed by atoms with Gasteiger partial charge in [0.25, 0.3) is 0 Å². The molecule has 0 heterocycles. The van der Waals surface area contributed by atoms with Crippen LogP contribution in [0.5, 0.6) is 0 Å². The standard InChI is InChI=1S/C8H5BrFN/c1-5-2-3-6(4-11)7(9)8(5)10/h2-3H,1H3. The lowest BCUT2D eigenvalue weighted by atomic mass is 10.1. The van der Waals surface area contributed by atoms with Gasteiger partial charge in [-0.25, -0.2) is 4.39 Å². The molecule has 0 unspecified atom stereocenters. The van der Waals surface area contributed by atoms with Crippen molar-refractivity contribution < 1.29 is 4.39 Å². The van der Waals surface area contributed by atoms with Crippen molar-refractivity contribution in [2.75, 3.05) is 0 Å². The van der Waals surface area contributed by atoms with Gasteiger partial charge in [0.1, 0.15) is 11.9 Å². The summed E-state index contributed by atoms with van der Waals surface area (Å²) in [6.45, 7) is 1.65. The Morgan fingerprint density at radius 1 is 1.55 bits per heavy atom. The smallest absolute Gasteiger partial charge is 0.141 e. The Balaban J connectivity index is 3.40. The molecule has 0 saturated carbocycles. The first-order chi connectivity index (χ1) is 5.16. The number of rotatable bonds is 0. The Labute approximate surface area is 72.6 Å². The lowest BCUT2D eigenvalue weighted by molar-refractivity contribution is 0.611. The van der Waals surface area contributed by atoms with E-state index in [1.165, 1.54) is 0 Å². The molecule has 56 valence electrons. The molecular weight excluding hydrogens is 209 g/mol. The Kier molecular flexibility index (Phi) is 2.25. The van der Waals surface area contributed by atoms with Crippen LogP contribution in [0.1, 0.15) is 11.1 Å². The fourth-order valence-corrected chi connectivity index (χ4v) is 1.27. The Morgan fingerprint density at radius 3 is 2.73 bits per heavy atom. The van der Waals surface area contributed by atoms with Gasteiger partial charge in [-0.2, -0.15) is 5.26 Å². The average Bonchev–Trinajstić information content (AvgIpc) is 2.01. The number of halogens is 2. The quantitative estimate of drug-likeness (QED) is 0.651. The van der Waals surface area contributed by atoms with Crippen LogP contribution in [0.2, 0.25) is 0 Å². The van der Waals surface area contributed by atoms with E-state index >= 15 is 0 Å². The van der Waals surface area contributed by atoms with E-state index in [0.29, 0.717) is 11.1 Å². The molecule has 0 spiro atoms. The van der Waals surface area contributed by atoms with E-state index in [0.717, 1.165) is 0 Å². The topological polar surface area (TPSA) is 23.8 Å². The van der Waals surface area contributed by atoms with Crippen molar-refractivity contribution in [3.63, 3.8) is 0 Å². The van der Waals surface area contributed by atoms with Crippen LogP contribution in [0.4, 0.5) is 4.39 Å². The van der Waals surface area contributed by atoms with Crippen LogP contribution in [0.3, 0.4) is 0 Å². The summed E-state index contributed by atoms with van der Waals surface area (Å²) < 4.78 is 13.2. The zero-order chi connectivity index (χ0) is 8.43. The molecule has 0 aliphatic carbocycles. The maximum absolute atomic E-state index is 13.0. The molecule has 0 N–H and O–H groups in total. The van der Waals surface area contributed by atoms with E-state index < -0.39 is 0 Å². The second kappa shape index (κ2) is 3.02. The van der Waals surface area contributed by atoms with Gasteiger partial charge in [0.2, 0.25) is 0 Å². The molecule has 0 atom stereocenters. The number of hydrogen-bond acceptors (Lipinski definition) is 1. The van der Waals surface area contributed by atoms with Crippen molar-refractivity contribution in [2.45, 2.75) is 6.92 Å². The van der Waals surface area contributed by atoms with Gasteiger partial charge in [-0.15, -0.1) is 0 Å². The fraction of sp³-hybridized carbons (Fsp3) is 0.125. The molecular formula is C8H5BrFN. The first-order valence-corrected chi connectivity index (χ1v) is 3.81. The molecule has 0 bridgehead atoms. The predicted octanol–water partition coefficient (Wildman–Crippen LogP) is 2.77. The minimum atomic E-state index is -0.357. The molecule has 0 aromatic heterocycles. The van der Waals surface area contributed by atoms with E-state index in [4.69, 9.17) is 5.26 Å². The van der Waals surface area contributed by atoms with Crippen LogP contribution in [-0.4, -0.2) is 0 Å². The van der Waals surface area contributed by atoms with E-state index in [1.807, 2.05) is 6.07 Å². The number of aryl methyl sites for hydroxylation is 1. The summed E-state index contributed by atoms with van der Waals surface area (Å²) in [5.74, 6) is -0.357. The highest BCUT2D eigenvalue weighted by atomic mass is 79.9. The van der Waals surface area contributed by atoms with E-state index in [1.54, 1.807) is 19.1 Å². The zero-order valence-corrected chi connectivity index (χ0v) is 7.44. The van der Waals surface area contributed by atoms with Crippen molar-refractivity contribution in [3.05, 3.63) is 33.5 Å². The highest BCUT2D eigenvalue weighted by Gasteiger charge is 2.06. The van der Waals surface area contributed by atoms with E-state index in [-0.39, 0.29) is 10.3 Å². The molecule has 11 heavy (non-hydrogen) atoms. The van der Waals surface area contributed by atoms with Gasteiger partial charge < -0.3 is 0 Å². The summed E-state index contributed by atoms with van der Waals surface area (Å²) in [5.41, 5.74) is 0.865. The van der Waals surface area contributed by atoms with Gasteiger partial charge in [-0.3, -0.25) is 0 Å². The molecule has 0 aliphatic rings. The van der Waals surface area contributed by atoms with Crippen molar-refractivity contribution in [1.82, 2.24) is 0 Å². The van der Waals surface area contributed by atoms with Crippen molar-refractivity contribution >= 4 is 15.9 Å². The highest BCUT2D eigenvalue weighted by Crippen LogP contribution is 2.22. The number of hydrogen-bond donors (Lipinski definition) is 0. The third-order valence-corrected chi connectivity index (χ3v) is 2.17. The van der Waals surface area contributed by atoms with Gasteiger partial charge in [0, 0.05) is 0 Å². The minimum absolute atomic E-state index is 0.250. The van der Waals surface area contributed by atoms with Gasteiger partial charge >= 0.3 is 0 Å². The fourth-order valence-electron chi connectivity index (χ4n) is 0.732. The highest BCUT2D eigenvalue weighted by molar-refractivity contribution is 9.10. The molecule has 0 radical (unpaired) electrons. The second-order valence-electron chi connectivity index (χ2n) is 2.17. The monoisotopic (exact) mass is 213 g/mol. The zero-order valence-electron chi connectivity index (χ0n) is 5.86. The Bertz CT molecular complexity index is 328. The number of nitriles is 1. The summed E-state index contributed by atoms with van der Waals surface area (Å²) in [6, 6.07) is 5.04. The second-order valence-corrected chi connectivity index (χ2v) is 2.96. The maximum Gasteiger partial charge on any atom is 0.141 e. The number of benzene rings is 1. The van der Waals surface area contributed by atoms with Crippen molar-refractivity contribution in [3.8, 4) is 6.07 Å². The van der Waals surface area contributed by atoms with Crippen LogP contribution >= 0.6 is 15.9 Å². The van der Waals surface area contributed by atoms with Crippen LogP contribution < -0.4 is 0 Å². The van der Waals surface area contributed by atoms with Crippen molar-refractivity contribution in [1.29, 1.82) is 5.26 Å². The summed E-state index contributed by atoms with van der Waals surface area (Å²) in [5, 5.41) is 8.49. The van der Waals surface area contributed by atoms with Crippen LogP contribution in [0.25, 0.3) is 0 Å². The summed E-state index contributed by atoms with van der Waals surface area (Å²) in [6.07, 6.45) is 0. The summed E-state index contributed by atoms with van der Waals surface area (Å²) >= 11 is 2.99. The Morgan fingerprint density at radius 2 is 2.18 bits per heavy atom. The summed E-state index contributed by atoms with van der Waals surface area (Å²) in [4.78, 5) is 0. The minimum Gasteiger partial charge on any atom is -0.205 e. The maximum atomic E-state index is 13.0. The van der Waals surface area contributed by atoms with Gasteiger partial charge in [0.15, 0.2) is 0 Å². The largest absolute Gasteiger partial charge is 0.205 e. The lowest BCUT2D eigenvalue weighted by Crippen LogP contribution is -1.87. The summed E-state index contributed by atoms with van der Waals surface area (Å²) in [7, 11) is 0. The molecule has 0 fully saturated rings. The van der Waals surface area contributed by atoms with Gasteiger partial charge in [-0.1, -0.05) is 6.07 Å². The Hall–Kier alpha value is -0.880.